The van der Waals surface area contributed by atoms with Crippen LogP contribution in [0.4, 0.5) is 0 Å². The molecular weight excluding hydrogens is 332 g/mol. The molecule has 0 saturated carbocycles. The van der Waals surface area contributed by atoms with E-state index in [2.05, 4.69) is 33.1 Å². The third-order valence-corrected chi connectivity index (χ3v) is 4.74. The number of nitrogens with one attached hydrogen (secondary N) is 1. The van der Waals surface area contributed by atoms with Gasteiger partial charge in [0.1, 0.15) is 5.75 Å². The van der Waals surface area contributed by atoms with E-state index >= 15 is 0 Å². The van der Waals surface area contributed by atoms with Crippen LogP contribution in [0.3, 0.4) is 0 Å². The summed E-state index contributed by atoms with van der Waals surface area (Å²) in [7, 11) is 1.60. The summed E-state index contributed by atoms with van der Waals surface area (Å²) in [6, 6.07) is 5.86. The Bertz CT molecular complexity index is 487. The summed E-state index contributed by atoms with van der Waals surface area (Å²) in [6.07, 6.45) is 3.59. The number of rotatable bonds is 6. The van der Waals surface area contributed by atoms with Gasteiger partial charge in [-0.25, -0.2) is 0 Å². The number of hydrogen-bond acceptors (Lipinski definition) is 3. The van der Waals surface area contributed by atoms with Crippen LogP contribution in [-0.2, 0) is 0 Å². The predicted molar refractivity (Wildman–Crippen MR) is 87.9 cm³/mol. The van der Waals surface area contributed by atoms with Crippen LogP contribution in [-0.4, -0.2) is 43.6 Å². The molecule has 0 bridgehead atoms. The van der Waals surface area contributed by atoms with Gasteiger partial charge >= 0.3 is 0 Å². The van der Waals surface area contributed by atoms with Crippen molar-refractivity contribution in [3.05, 3.63) is 28.2 Å². The molecule has 1 aliphatic heterocycles. The third kappa shape index (κ3) is 4.20. The van der Waals surface area contributed by atoms with Gasteiger partial charge < -0.3 is 10.1 Å². The van der Waals surface area contributed by atoms with Crippen molar-refractivity contribution in [3.63, 3.8) is 0 Å². The fourth-order valence-corrected chi connectivity index (χ4v) is 3.18. The van der Waals surface area contributed by atoms with Crippen molar-refractivity contribution in [2.45, 2.75) is 32.2 Å². The molecule has 1 fully saturated rings. The highest BCUT2D eigenvalue weighted by atomic mass is 79.9. The second kappa shape index (κ2) is 7.80. The van der Waals surface area contributed by atoms with Crippen molar-refractivity contribution in [2.75, 3.05) is 26.7 Å². The average Bonchev–Trinajstić information content (AvgIpc) is 3.02. The quantitative estimate of drug-likeness (QED) is 0.853. The van der Waals surface area contributed by atoms with Gasteiger partial charge in [-0.15, -0.1) is 0 Å². The van der Waals surface area contributed by atoms with Gasteiger partial charge in [0.05, 0.1) is 12.7 Å². The first-order valence-corrected chi connectivity index (χ1v) is 8.30. The van der Waals surface area contributed by atoms with Gasteiger partial charge in [-0.05, 0) is 66.5 Å². The van der Waals surface area contributed by atoms with Crippen molar-refractivity contribution in [2.24, 2.45) is 0 Å². The van der Waals surface area contributed by atoms with Crippen molar-refractivity contribution in [1.82, 2.24) is 10.2 Å². The molecule has 0 aliphatic carbocycles. The molecule has 1 aromatic carbocycles. The van der Waals surface area contributed by atoms with Gasteiger partial charge in [-0.3, -0.25) is 9.69 Å². The van der Waals surface area contributed by atoms with Crippen molar-refractivity contribution < 1.29 is 9.53 Å². The Morgan fingerprint density at radius 1 is 1.43 bits per heavy atom. The summed E-state index contributed by atoms with van der Waals surface area (Å²) in [5.41, 5.74) is 0.616. The highest BCUT2D eigenvalue weighted by Crippen LogP contribution is 2.22. The molecule has 0 radical (unpaired) electrons. The summed E-state index contributed by atoms with van der Waals surface area (Å²) in [4.78, 5) is 14.8. The van der Waals surface area contributed by atoms with E-state index in [9.17, 15) is 4.79 Å². The van der Waals surface area contributed by atoms with E-state index in [-0.39, 0.29) is 5.91 Å². The number of methoxy groups -OCH3 is 1. The second-order valence-electron chi connectivity index (χ2n) is 5.36. The summed E-state index contributed by atoms with van der Waals surface area (Å²) in [5, 5.41) is 3.05. The minimum Gasteiger partial charge on any atom is -0.497 e. The van der Waals surface area contributed by atoms with E-state index < -0.39 is 0 Å². The lowest BCUT2D eigenvalue weighted by Crippen LogP contribution is -2.42. The number of halogens is 1. The molecule has 1 heterocycles. The maximum Gasteiger partial charge on any atom is 0.252 e. The molecule has 1 N–H and O–H groups in total. The minimum atomic E-state index is -0.0570. The van der Waals surface area contributed by atoms with E-state index in [1.807, 2.05) is 12.1 Å². The molecule has 0 spiro atoms. The number of benzene rings is 1. The minimum absolute atomic E-state index is 0.0570. The van der Waals surface area contributed by atoms with Gasteiger partial charge in [0.2, 0.25) is 0 Å². The lowest BCUT2D eigenvalue weighted by atomic mass is 10.1. The first kappa shape index (κ1) is 16.3. The van der Waals surface area contributed by atoms with E-state index in [0.29, 0.717) is 23.9 Å². The summed E-state index contributed by atoms with van der Waals surface area (Å²) in [5.74, 6) is 0.633. The SMILES string of the molecule is CCC(CNC(=O)c1cc(OC)ccc1Br)N1CCCC1. The van der Waals surface area contributed by atoms with E-state index in [1.165, 1.54) is 12.8 Å². The Kier molecular flexibility index (Phi) is 6.06. The molecule has 5 heteroatoms. The number of amides is 1. The third-order valence-electron chi connectivity index (χ3n) is 4.04. The zero-order valence-corrected chi connectivity index (χ0v) is 14.3. The van der Waals surface area contributed by atoms with Crippen LogP contribution >= 0.6 is 15.9 Å². The molecule has 1 atom stereocenters. The van der Waals surface area contributed by atoms with Crippen LogP contribution in [0.1, 0.15) is 36.5 Å². The summed E-state index contributed by atoms with van der Waals surface area (Å²) >= 11 is 3.42. The van der Waals surface area contributed by atoms with Crippen molar-refractivity contribution >= 4 is 21.8 Å². The van der Waals surface area contributed by atoms with E-state index in [1.54, 1.807) is 13.2 Å². The molecule has 1 amide bonds. The summed E-state index contributed by atoms with van der Waals surface area (Å²) in [6.45, 7) is 5.17. The van der Waals surface area contributed by atoms with Gasteiger partial charge in [0.25, 0.3) is 5.91 Å². The van der Waals surface area contributed by atoms with Gasteiger partial charge in [0.15, 0.2) is 0 Å². The highest BCUT2D eigenvalue weighted by Gasteiger charge is 2.21. The average molecular weight is 355 g/mol. The molecule has 4 nitrogen and oxygen atoms in total. The highest BCUT2D eigenvalue weighted by molar-refractivity contribution is 9.10. The normalized spacial score (nSPS) is 16.7. The maximum absolute atomic E-state index is 12.4. The van der Waals surface area contributed by atoms with Crippen LogP contribution < -0.4 is 10.1 Å². The smallest absolute Gasteiger partial charge is 0.252 e. The Morgan fingerprint density at radius 2 is 2.14 bits per heavy atom. The van der Waals surface area contributed by atoms with Crippen molar-refractivity contribution in [3.8, 4) is 5.75 Å². The molecule has 1 aromatic rings. The standard InChI is InChI=1S/C16H23BrN2O2/c1-3-12(19-8-4-5-9-19)11-18-16(20)14-10-13(21-2)6-7-15(14)17/h6-7,10,12H,3-5,8-9,11H2,1-2H3,(H,18,20). The molecule has 21 heavy (non-hydrogen) atoms. The number of nitrogens with zero attached hydrogens (tertiary/aromatic N) is 1. The zero-order valence-electron chi connectivity index (χ0n) is 12.7. The van der Waals surface area contributed by atoms with Crippen molar-refractivity contribution in [1.29, 1.82) is 0 Å². The second-order valence-corrected chi connectivity index (χ2v) is 6.22. The molecule has 116 valence electrons. The van der Waals surface area contributed by atoms with Gasteiger partial charge in [-0.2, -0.15) is 0 Å². The first-order valence-electron chi connectivity index (χ1n) is 7.51. The van der Waals surface area contributed by atoms with Crippen LogP contribution in [0, 0.1) is 0 Å². The topological polar surface area (TPSA) is 41.6 Å². The Morgan fingerprint density at radius 3 is 2.76 bits per heavy atom. The summed E-state index contributed by atoms with van der Waals surface area (Å²) < 4.78 is 5.97. The first-order chi connectivity index (χ1) is 10.2. The fraction of sp³-hybridized carbons (Fsp3) is 0.562. The monoisotopic (exact) mass is 354 g/mol. The van der Waals surface area contributed by atoms with E-state index in [0.717, 1.165) is 24.0 Å². The van der Waals surface area contributed by atoms with Crippen LogP contribution in [0.5, 0.6) is 5.75 Å². The number of likely N-dealkylation sites (tertiary alicyclic amines) is 1. The lowest BCUT2D eigenvalue weighted by molar-refractivity contribution is 0.0936. The fourth-order valence-electron chi connectivity index (χ4n) is 2.75. The largest absolute Gasteiger partial charge is 0.497 e. The lowest BCUT2D eigenvalue weighted by Gasteiger charge is -2.26. The maximum atomic E-state index is 12.4. The molecule has 1 saturated heterocycles. The number of carbonyl (C=O) groups excluding carboxylic acids is 1. The molecule has 1 unspecified atom stereocenters. The van der Waals surface area contributed by atoms with Crippen LogP contribution in [0.2, 0.25) is 0 Å². The molecular formula is C16H23BrN2O2. The zero-order chi connectivity index (χ0) is 15.2. The Labute approximate surface area is 135 Å². The van der Waals surface area contributed by atoms with E-state index in [4.69, 9.17) is 4.74 Å². The Balaban J connectivity index is 1.97. The number of ether oxygens (including phenoxy) is 1. The Hall–Kier alpha value is -1.07. The number of carbonyl (C=O) groups is 1. The van der Waals surface area contributed by atoms with Gasteiger partial charge in [0, 0.05) is 17.1 Å². The number of hydrogen-bond donors (Lipinski definition) is 1. The molecule has 0 aromatic heterocycles. The molecule has 1 aliphatic rings. The molecule has 2 rings (SSSR count). The van der Waals surface area contributed by atoms with Crippen LogP contribution in [0.25, 0.3) is 0 Å². The predicted octanol–water partition coefficient (Wildman–Crippen LogP) is 3.06. The van der Waals surface area contributed by atoms with Gasteiger partial charge in [-0.1, -0.05) is 6.92 Å². The van der Waals surface area contributed by atoms with Crippen LogP contribution in [0.15, 0.2) is 22.7 Å².